The minimum absolute atomic E-state index is 0.152. The summed E-state index contributed by atoms with van der Waals surface area (Å²) < 4.78 is 10.7. The number of carbonyl (C=O) groups is 1. The van der Waals surface area contributed by atoms with Crippen molar-refractivity contribution in [2.75, 3.05) is 45.3 Å². The first-order chi connectivity index (χ1) is 12.6. The number of benzene rings is 2. The third-order valence-corrected chi connectivity index (χ3v) is 4.89. The van der Waals surface area contributed by atoms with Crippen LogP contribution in [0.2, 0.25) is 5.02 Å². The molecule has 1 amide bonds. The maximum absolute atomic E-state index is 12.5. The van der Waals surface area contributed by atoms with Gasteiger partial charge in [-0.05, 0) is 29.8 Å². The zero-order valence-corrected chi connectivity index (χ0v) is 15.8. The smallest absolute Gasteiger partial charge is 0.227 e. The van der Waals surface area contributed by atoms with Gasteiger partial charge in [0.05, 0.1) is 20.6 Å². The van der Waals surface area contributed by atoms with Crippen LogP contribution in [0, 0.1) is 0 Å². The molecule has 3 rings (SSSR count). The van der Waals surface area contributed by atoms with Crippen molar-refractivity contribution in [2.24, 2.45) is 0 Å². The van der Waals surface area contributed by atoms with Gasteiger partial charge in [-0.2, -0.15) is 0 Å². The summed E-state index contributed by atoms with van der Waals surface area (Å²) in [5, 5.41) is 0.685. The number of carbonyl (C=O) groups excluding carboxylic acids is 1. The van der Waals surface area contributed by atoms with E-state index >= 15 is 0 Å². The van der Waals surface area contributed by atoms with Crippen LogP contribution in [0.4, 0.5) is 5.69 Å². The number of anilines is 1. The average molecular weight is 375 g/mol. The highest BCUT2D eigenvalue weighted by Crippen LogP contribution is 2.31. The number of amides is 1. The second-order valence-electron chi connectivity index (χ2n) is 6.21. The van der Waals surface area contributed by atoms with Crippen LogP contribution in [-0.2, 0) is 11.2 Å². The van der Waals surface area contributed by atoms with Crippen molar-refractivity contribution in [2.45, 2.75) is 6.42 Å². The van der Waals surface area contributed by atoms with Crippen LogP contribution in [0.3, 0.4) is 0 Å². The van der Waals surface area contributed by atoms with Crippen LogP contribution in [0.5, 0.6) is 11.5 Å². The lowest BCUT2D eigenvalue weighted by molar-refractivity contribution is -0.130. The van der Waals surface area contributed by atoms with Crippen molar-refractivity contribution in [3.05, 3.63) is 53.1 Å². The highest BCUT2D eigenvalue weighted by atomic mass is 35.5. The van der Waals surface area contributed by atoms with Crippen molar-refractivity contribution in [3.63, 3.8) is 0 Å². The molecule has 1 aliphatic heterocycles. The summed E-state index contributed by atoms with van der Waals surface area (Å²) in [7, 11) is 3.26. The number of piperazine rings is 1. The number of methoxy groups -OCH3 is 2. The van der Waals surface area contributed by atoms with Crippen molar-refractivity contribution in [1.29, 1.82) is 0 Å². The molecule has 1 heterocycles. The molecule has 5 nitrogen and oxygen atoms in total. The van der Waals surface area contributed by atoms with Gasteiger partial charge in [-0.25, -0.2) is 0 Å². The molecule has 2 aromatic rings. The van der Waals surface area contributed by atoms with Crippen LogP contribution in [0.15, 0.2) is 42.5 Å². The second kappa shape index (κ2) is 8.32. The molecule has 138 valence electrons. The minimum Gasteiger partial charge on any atom is -0.493 e. The van der Waals surface area contributed by atoms with E-state index in [1.54, 1.807) is 14.2 Å². The van der Waals surface area contributed by atoms with Crippen LogP contribution in [-0.4, -0.2) is 51.2 Å². The van der Waals surface area contributed by atoms with E-state index < -0.39 is 0 Å². The van der Waals surface area contributed by atoms with Crippen molar-refractivity contribution < 1.29 is 14.3 Å². The monoisotopic (exact) mass is 374 g/mol. The van der Waals surface area contributed by atoms with Gasteiger partial charge in [0.2, 0.25) is 5.91 Å². The molecule has 1 fully saturated rings. The first-order valence-corrected chi connectivity index (χ1v) is 8.97. The van der Waals surface area contributed by atoms with E-state index in [1.165, 1.54) is 0 Å². The molecule has 1 saturated heterocycles. The molecule has 0 N–H and O–H groups in total. The number of hydrogen-bond acceptors (Lipinski definition) is 4. The maximum atomic E-state index is 12.5. The molecule has 1 aliphatic rings. The third-order valence-electron chi connectivity index (χ3n) is 4.63. The van der Waals surface area contributed by atoms with Gasteiger partial charge in [0.25, 0.3) is 0 Å². The standard InChI is InChI=1S/C20H23ClN2O3/c1-25-18-8-7-17(14-19(18)26-2)22-9-11-23(12-10-22)20(24)13-15-3-5-16(21)6-4-15/h3-8,14H,9-13H2,1-2H3. The largest absolute Gasteiger partial charge is 0.493 e. The van der Waals surface area contributed by atoms with Crippen LogP contribution >= 0.6 is 11.6 Å². The Balaban J connectivity index is 1.58. The molecular formula is C20H23ClN2O3. The summed E-state index contributed by atoms with van der Waals surface area (Å²) in [4.78, 5) is 16.7. The van der Waals surface area contributed by atoms with Crippen molar-refractivity contribution in [3.8, 4) is 11.5 Å². The lowest BCUT2D eigenvalue weighted by Gasteiger charge is -2.36. The van der Waals surface area contributed by atoms with E-state index in [-0.39, 0.29) is 5.91 Å². The molecule has 0 aliphatic carbocycles. The lowest BCUT2D eigenvalue weighted by Crippen LogP contribution is -2.49. The number of nitrogens with zero attached hydrogens (tertiary/aromatic N) is 2. The fraction of sp³-hybridized carbons (Fsp3) is 0.350. The highest BCUT2D eigenvalue weighted by Gasteiger charge is 2.22. The van der Waals surface area contributed by atoms with Crippen LogP contribution < -0.4 is 14.4 Å². The van der Waals surface area contributed by atoms with E-state index in [0.717, 1.165) is 24.3 Å². The normalized spacial score (nSPS) is 14.3. The Hall–Kier alpha value is -2.40. The summed E-state index contributed by atoms with van der Waals surface area (Å²) in [6, 6.07) is 13.3. The van der Waals surface area contributed by atoms with Gasteiger partial charge < -0.3 is 19.3 Å². The van der Waals surface area contributed by atoms with Gasteiger partial charge in [-0.3, -0.25) is 4.79 Å². The summed E-state index contributed by atoms with van der Waals surface area (Å²) in [5.74, 6) is 1.58. The molecule has 0 spiro atoms. The number of ether oxygens (including phenoxy) is 2. The number of hydrogen-bond donors (Lipinski definition) is 0. The van der Waals surface area contributed by atoms with Gasteiger partial charge in [0.15, 0.2) is 11.5 Å². The molecular weight excluding hydrogens is 352 g/mol. The van der Waals surface area contributed by atoms with Gasteiger partial charge >= 0.3 is 0 Å². The molecule has 0 bridgehead atoms. The van der Waals surface area contributed by atoms with Crippen LogP contribution in [0.25, 0.3) is 0 Å². The summed E-state index contributed by atoms with van der Waals surface area (Å²) in [5.41, 5.74) is 2.06. The number of rotatable bonds is 5. The van der Waals surface area contributed by atoms with E-state index in [9.17, 15) is 4.79 Å². The molecule has 0 unspecified atom stereocenters. The first-order valence-electron chi connectivity index (χ1n) is 8.60. The molecule has 26 heavy (non-hydrogen) atoms. The van der Waals surface area contributed by atoms with Crippen molar-refractivity contribution in [1.82, 2.24) is 4.90 Å². The summed E-state index contributed by atoms with van der Waals surface area (Å²) >= 11 is 5.89. The fourth-order valence-electron chi connectivity index (χ4n) is 3.12. The Labute approximate surface area is 159 Å². The minimum atomic E-state index is 0.152. The molecule has 0 atom stereocenters. The Kier molecular flexibility index (Phi) is 5.89. The van der Waals surface area contributed by atoms with Crippen molar-refractivity contribution >= 4 is 23.2 Å². The van der Waals surface area contributed by atoms with E-state index in [4.69, 9.17) is 21.1 Å². The highest BCUT2D eigenvalue weighted by molar-refractivity contribution is 6.30. The van der Waals surface area contributed by atoms with E-state index in [0.29, 0.717) is 36.0 Å². The van der Waals surface area contributed by atoms with E-state index in [1.807, 2.05) is 47.4 Å². The predicted octanol–water partition coefficient (Wildman–Crippen LogP) is 3.25. The number of halogens is 1. The summed E-state index contributed by atoms with van der Waals surface area (Å²) in [6.45, 7) is 3.01. The SMILES string of the molecule is COc1ccc(N2CCN(C(=O)Cc3ccc(Cl)cc3)CC2)cc1OC. The zero-order valence-electron chi connectivity index (χ0n) is 15.1. The molecule has 0 aromatic heterocycles. The molecule has 6 heteroatoms. The average Bonchev–Trinajstić information content (AvgIpc) is 2.69. The van der Waals surface area contributed by atoms with Crippen LogP contribution in [0.1, 0.15) is 5.56 Å². The zero-order chi connectivity index (χ0) is 18.5. The van der Waals surface area contributed by atoms with E-state index in [2.05, 4.69) is 4.90 Å². The Morgan fingerprint density at radius 1 is 0.962 bits per heavy atom. The Bertz CT molecular complexity index is 756. The van der Waals surface area contributed by atoms with Gasteiger partial charge in [-0.1, -0.05) is 23.7 Å². The Morgan fingerprint density at radius 3 is 2.23 bits per heavy atom. The third kappa shape index (κ3) is 4.22. The molecule has 2 aromatic carbocycles. The topological polar surface area (TPSA) is 42.0 Å². The predicted molar refractivity (Wildman–Crippen MR) is 103 cm³/mol. The molecule has 0 saturated carbocycles. The second-order valence-corrected chi connectivity index (χ2v) is 6.65. The Morgan fingerprint density at radius 2 is 1.62 bits per heavy atom. The maximum Gasteiger partial charge on any atom is 0.227 e. The fourth-order valence-corrected chi connectivity index (χ4v) is 3.25. The first kappa shape index (κ1) is 18.4. The van der Waals surface area contributed by atoms with Gasteiger partial charge in [0.1, 0.15) is 0 Å². The van der Waals surface area contributed by atoms with Gasteiger partial charge in [0, 0.05) is 43.0 Å². The van der Waals surface area contributed by atoms with Gasteiger partial charge in [-0.15, -0.1) is 0 Å². The summed E-state index contributed by atoms with van der Waals surface area (Å²) in [6.07, 6.45) is 0.410. The quantitative estimate of drug-likeness (QED) is 0.805. The molecule has 0 radical (unpaired) electrons. The lowest BCUT2D eigenvalue weighted by atomic mass is 10.1.